The average Bonchev–Trinajstić information content (AvgIpc) is 3.03. The normalized spacial score (nSPS) is 10.5. The third kappa shape index (κ3) is 5.57. The van der Waals surface area contributed by atoms with E-state index in [1.54, 1.807) is 10.9 Å². The summed E-state index contributed by atoms with van der Waals surface area (Å²) in [5.74, 6) is 0.180. The highest BCUT2D eigenvalue weighted by Crippen LogP contribution is 2.21. The number of nitrogens with zero attached hydrogens (tertiary/aromatic N) is 3. The van der Waals surface area contributed by atoms with Crippen LogP contribution in [-0.2, 0) is 4.79 Å². The molecule has 2 N–H and O–H groups in total. The summed E-state index contributed by atoms with van der Waals surface area (Å²) < 4.78 is 1.58. The maximum Gasteiger partial charge on any atom is 0.304 e. The van der Waals surface area contributed by atoms with E-state index in [2.05, 4.69) is 15.6 Å². The molecule has 24 heavy (non-hydrogen) atoms. The van der Waals surface area contributed by atoms with E-state index in [0.29, 0.717) is 18.1 Å². The summed E-state index contributed by atoms with van der Waals surface area (Å²) in [7, 11) is 3.02. The van der Waals surface area contributed by atoms with Crippen LogP contribution in [0.5, 0.6) is 0 Å². The molecule has 0 fully saturated rings. The number of aryl methyl sites for hydroxylation is 1. The molecular formula is C15H18N4O3S2. The molecule has 0 atom stereocenters. The molecule has 1 aromatic carbocycles. The molecule has 2 rings (SSSR count). The van der Waals surface area contributed by atoms with Crippen molar-refractivity contribution in [2.45, 2.75) is 13.3 Å². The number of amides is 1. The van der Waals surface area contributed by atoms with E-state index in [9.17, 15) is 9.59 Å². The van der Waals surface area contributed by atoms with Gasteiger partial charge in [0.25, 0.3) is 5.91 Å². The van der Waals surface area contributed by atoms with Gasteiger partial charge in [0.05, 0.1) is 18.3 Å². The molecule has 1 heterocycles. The minimum Gasteiger partial charge on any atom is -0.481 e. The largest absolute Gasteiger partial charge is 0.481 e. The first-order valence-corrected chi connectivity index (χ1v) is 9.79. The smallest absolute Gasteiger partial charge is 0.304 e. The number of aliphatic carboxylic acids is 1. The van der Waals surface area contributed by atoms with Crippen LogP contribution in [0.3, 0.4) is 0 Å². The summed E-state index contributed by atoms with van der Waals surface area (Å²) >= 11 is 0. The first-order chi connectivity index (χ1) is 11.6. The lowest BCUT2D eigenvalue weighted by molar-refractivity contribution is -0.136. The highest BCUT2D eigenvalue weighted by molar-refractivity contribution is 8.76. The second-order valence-corrected chi connectivity index (χ2v) is 7.58. The van der Waals surface area contributed by atoms with Crippen LogP contribution in [0.15, 0.2) is 30.5 Å². The number of carbonyl (C=O) groups excluding carboxylic acids is 1. The van der Waals surface area contributed by atoms with Gasteiger partial charge >= 0.3 is 5.97 Å². The number of benzene rings is 1. The fraction of sp³-hybridized carbons (Fsp3) is 0.333. The van der Waals surface area contributed by atoms with Crippen LogP contribution in [0.2, 0.25) is 0 Å². The molecule has 9 heteroatoms. The van der Waals surface area contributed by atoms with Crippen molar-refractivity contribution in [3.05, 3.63) is 41.7 Å². The second-order valence-electron chi connectivity index (χ2n) is 4.88. The molecule has 7 nitrogen and oxygen atoms in total. The number of carboxylic acids is 1. The van der Waals surface area contributed by atoms with Crippen LogP contribution in [0.4, 0.5) is 0 Å². The molecule has 128 valence electrons. The minimum absolute atomic E-state index is 0.145. The molecule has 0 saturated carbocycles. The Morgan fingerprint density at radius 1 is 1.25 bits per heavy atom. The van der Waals surface area contributed by atoms with Crippen LogP contribution in [0.25, 0.3) is 5.69 Å². The monoisotopic (exact) mass is 366 g/mol. The minimum atomic E-state index is -0.798. The Kier molecular flexibility index (Phi) is 7.13. The van der Waals surface area contributed by atoms with E-state index in [0.717, 1.165) is 11.3 Å². The van der Waals surface area contributed by atoms with Crippen LogP contribution < -0.4 is 5.32 Å². The third-order valence-corrected chi connectivity index (χ3v) is 5.45. The average molecular weight is 366 g/mol. The van der Waals surface area contributed by atoms with Crippen LogP contribution in [-0.4, -0.2) is 50.0 Å². The lowest BCUT2D eigenvalue weighted by Crippen LogP contribution is -2.25. The topological polar surface area (TPSA) is 97.1 Å². The number of carboxylic acid groups (broad SMARTS) is 1. The van der Waals surface area contributed by atoms with Crippen molar-refractivity contribution >= 4 is 33.5 Å². The maximum atomic E-state index is 12.0. The Bertz CT molecular complexity index is 706. The molecule has 0 spiro atoms. The number of aromatic nitrogens is 3. The van der Waals surface area contributed by atoms with Gasteiger partial charge in [0.1, 0.15) is 0 Å². The van der Waals surface area contributed by atoms with Crippen molar-refractivity contribution in [2.75, 3.05) is 18.1 Å². The van der Waals surface area contributed by atoms with Gasteiger partial charge in [-0.3, -0.25) is 9.59 Å². The number of carbonyl (C=O) groups is 2. The van der Waals surface area contributed by atoms with Gasteiger partial charge in [0.2, 0.25) is 0 Å². The quantitative estimate of drug-likeness (QED) is 0.518. The predicted molar refractivity (Wildman–Crippen MR) is 95.6 cm³/mol. The summed E-state index contributed by atoms with van der Waals surface area (Å²) in [6, 6.07) is 7.73. The van der Waals surface area contributed by atoms with E-state index < -0.39 is 5.97 Å². The van der Waals surface area contributed by atoms with Crippen molar-refractivity contribution in [1.29, 1.82) is 0 Å². The molecule has 0 aliphatic rings. The van der Waals surface area contributed by atoms with Gasteiger partial charge in [-0.1, -0.05) is 45.0 Å². The molecular weight excluding hydrogens is 348 g/mol. The number of rotatable bonds is 9. The third-order valence-electron chi connectivity index (χ3n) is 3.04. The maximum absolute atomic E-state index is 12.0. The molecule has 0 aliphatic carbocycles. The van der Waals surface area contributed by atoms with Gasteiger partial charge < -0.3 is 10.4 Å². The van der Waals surface area contributed by atoms with Crippen molar-refractivity contribution < 1.29 is 14.7 Å². The highest BCUT2D eigenvalue weighted by Gasteiger charge is 2.11. The number of hydrogen-bond acceptors (Lipinski definition) is 6. The fourth-order valence-electron chi connectivity index (χ4n) is 1.85. The zero-order chi connectivity index (χ0) is 17.4. The van der Waals surface area contributed by atoms with Gasteiger partial charge in [-0.25, -0.2) is 4.68 Å². The second kappa shape index (κ2) is 9.33. The first kappa shape index (κ1) is 18.3. The van der Waals surface area contributed by atoms with Gasteiger partial charge in [0.15, 0.2) is 5.69 Å². The molecule has 1 amide bonds. The molecule has 0 aliphatic heterocycles. The lowest BCUT2D eigenvalue weighted by Gasteiger charge is -2.03. The first-order valence-electron chi connectivity index (χ1n) is 7.30. The van der Waals surface area contributed by atoms with E-state index >= 15 is 0 Å². The van der Waals surface area contributed by atoms with E-state index in [4.69, 9.17) is 5.11 Å². The summed E-state index contributed by atoms with van der Waals surface area (Å²) in [6.45, 7) is 2.46. The van der Waals surface area contributed by atoms with E-state index in [-0.39, 0.29) is 18.0 Å². The standard InChI is InChI=1S/C15H18N4O3S2/c1-11-4-2-3-5-13(11)19-10-12(17-18-19)15(22)16-7-9-24-23-8-6-14(20)21/h2-5,10H,6-9H2,1H3,(H,16,22)(H,20,21). The molecule has 1 aromatic heterocycles. The number of para-hydroxylation sites is 1. The van der Waals surface area contributed by atoms with Crippen molar-refractivity contribution in [3.8, 4) is 5.69 Å². The fourth-order valence-corrected chi connectivity index (χ4v) is 3.74. The lowest BCUT2D eigenvalue weighted by atomic mass is 10.2. The molecule has 0 radical (unpaired) electrons. The Balaban J connectivity index is 1.76. The Labute approximate surface area is 147 Å². The van der Waals surface area contributed by atoms with Gasteiger partial charge in [0, 0.05) is 18.1 Å². The molecule has 0 unspecified atom stereocenters. The predicted octanol–water partition coefficient (Wildman–Crippen LogP) is 2.16. The van der Waals surface area contributed by atoms with Crippen LogP contribution >= 0.6 is 21.6 Å². The Morgan fingerprint density at radius 3 is 2.75 bits per heavy atom. The molecule has 2 aromatic rings. The number of hydrogen-bond donors (Lipinski definition) is 2. The Hall–Kier alpha value is -2.00. The summed E-state index contributed by atoms with van der Waals surface area (Å²) in [4.78, 5) is 22.4. The van der Waals surface area contributed by atoms with Gasteiger partial charge in [-0.2, -0.15) is 0 Å². The SMILES string of the molecule is Cc1ccccc1-n1cc(C(=O)NCCSSCCC(=O)O)nn1. The van der Waals surface area contributed by atoms with Crippen LogP contribution in [0, 0.1) is 6.92 Å². The van der Waals surface area contributed by atoms with Crippen molar-refractivity contribution in [1.82, 2.24) is 20.3 Å². The van der Waals surface area contributed by atoms with Crippen molar-refractivity contribution in [3.63, 3.8) is 0 Å². The van der Waals surface area contributed by atoms with Crippen LogP contribution in [0.1, 0.15) is 22.5 Å². The molecule has 0 bridgehead atoms. The summed E-state index contributed by atoms with van der Waals surface area (Å²) in [6.07, 6.45) is 1.75. The van der Waals surface area contributed by atoms with Gasteiger partial charge in [-0.05, 0) is 18.6 Å². The molecule has 0 saturated heterocycles. The van der Waals surface area contributed by atoms with Gasteiger partial charge in [-0.15, -0.1) is 5.10 Å². The van der Waals surface area contributed by atoms with E-state index in [1.807, 2.05) is 31.2 Å². The zero-order valence-electron chi connectivity index (χ0n) is 13.1. The number of nitrogens with one attached hydrogen (secondary N) is 1. The summed E-state index contributed by atoms with van der Waals surface area (Å²) in [5, 5.41) is 19.2. The summed E-state index contributed by atoms with van der Waals surface area (Å²) in [5.41, 5.74) is 2.19. The zero-order valence-corrected chi connectivity index (χ0v) is 14.8. The highest BCUT2D eigenvalue weighted by atomic mass is 33.1. The van der Waals surface area contributed by atoms with E-state index in [1.165, 1.54) is 21.6 Å². The van der Waals surface area contributed by atoms with Crippen molar-refractivity contribution in [2.24, 2.45) is 0 Å². The Morgan fingerprint density at radius 2 is 2.00 bits per heavy atom.